The first kappa shape index (κ1) is 13.4. The summed E-state index contributed by atoms with van der Waals surface area (Å²) in [4.78, 5) is 2.54. The minimum atomic E-state index is 1.21. The van der Waals surface area contributed by atoms with Crippen molar-refractivity contribution in [1.82, 2.24) is 0 Å². The zero-order valence-corrected chi connectivity index (χ0v) is 11.9. The molecule has 0 unspecified atom stereocenters. The summed E-state index contributed by atoms with van der Waals surface area (Å²) < 4.78 is 1.34. The van der Waals surface area contributed by atoms with Crippen molar-refractivity contribution in [2.45, 2.75) is 26.7 Å². The Morgan fingerprint density at radius 1 is 0.944 bits per heavy atom. The van der Waals surface area contributed by atoms with Gasteiger partial charge in [-0.3, -0.25) is 0 Å². The Labute approximate surface area is 112 Å². The lowest BCUT2D eigenvalue weighted by atomic mass is 10.1. The number of piperazine rings is 1. The van der Waals surface area contributed by atoms with Gasteiger partial charge in [-0.05, 0) is 25.0 Å². The van der Waals surface area contributed by atoms with Crippen LogP contribution in [0.25, 0.3) is 0 Å². The minimum Gasteiger partial charge on any atom is -0.360 e. The maximum absolute atomic E-state index is 2.54. The second-order valence-corrected chi connectivity index (χ2v) is 5.56. The molecule has 0 amide bonds. The van der Waals surface area contributed by atoms with Crippen molar-refractivity contribution in [1.29, 1.82) is 0 Å². The summed E-state index contributed by atoms with van der Waals surface area (Å²) >= 11 is 0. The van der Waals surface area contributed by atoms with Gasteiger partial charge in [0.05, 0.1) is 39.3 Å². The van der Waals surface area contributed by atoms with Crippen molar-refractivity contribution < 1.29 is 4.48 Å². The third-order valence-electron chi connectivity index (χ3n) is 4.21. The number of nitrogens with zero attached hydrogens (tertiary/aromatic N) is 2. The predicted octanol–water partition coefficient (Wildman–Crippen LogP) is 3.14. The molecule has 2 nitrogen and oxygen atoms in total. The maximum Gasteiger partial charge on any atom is 0.0965 e. The molecule has 0 bridgehead atoms. The number of anilines is 1. The molecule has 2 rings (SSSR count). The van der Waals surface area contributed by atoms with Crippen LogP contribution in [0.4, 0.5) is 5.69 Å². The minimum absolute atomic E-state index is 1.21. The van der Waals surface area contributed by atoms with Crippen LogP contribution in [0.15, 0.2) is 30.3 Å². The van der Waals surface area contributed by atoms with E-state index in [1.165, 1.54) is 62.3 Å². The first-order valence-electron chi connectivity index (χ1n) is 7.45. The molecule has 0 spiro atoms. The summed E-state index contributed by atoms with van der Waals surface area (Å²) in [6, 6.07) is 10.9. The van der Waals surface area contributed by atoms with E-state index in [9.17, 15) is 0 Å². The summed E-state index contributed by atoms with van der Waals surface area (Å²) in [5.41, 5.74) is 1.39. The summed E-state index contributed by atoms with van der Waals surface area (Å²) in [6.07, 6.45) is 2.62. The highest BCUT2D eigenvalue weighted by atomic mass is 15.4. The summed E-state index contributed by atoms with van der Waals surface area (Å²) in [7, 11) is 0. The maximum atomic E-state index is 2.54. The summed E-state index contributed by atoms with van der Waals surface area (Å²) in [5, 5.41) is 0. The van der Waals surface area contributed by atoms with Gasteiger partial charge in [0, 0.05) is 5.69 Å². The number of benzene rings is 1. The standard InChI is InChI=1S/C16H27N2/c1-3-12-18(13-4-2)14-10-17(11-15-18)16-8-6-5-7-9-16/h5-9H,3-4,10-15H2,1-2H3/q+1. The number of quaternary nitrogens is 1. The summed E-state index contributed by atoms with van der Waals surface area (Å²) in [6.45, 7) is 12.4. The highest BCUT2D eigenvalue weighted by molar-refractivity contribution is 5.46. The number of hydrogen-bond donors (Lipinski definition) is 0. The van der Waals surface area contributed by atoms with Gasteiger partial charge in [0.15, 0.2) is 0 Å². The monoisotopic (exact) mass is 247 g/mol. The molecular weight excluding hydrogens is 220 g/mol. The van der Waals surface area contributed by atoms with Crippen molar-refractivity contribution in [2.24, 2.45) is 0 Å². The molecule has 1 aliphatic rings. The van der Waals surface area contributed by atoms with Gasteiger partial charge < -0.3 is 9.38 Å². The lowest BCUT2D eigenvalue weighted by Gasteiger charge is -2.45. The van der Waals surface area contributed by atoms with Gasteiger partial charge in [-0.1, -0.05) is 32.0 Å². The molecule has 1 saturated heterocycles. The smallest absolute Gasteiger partial charge is 0.0965 e. The van der Waals surface area contributed by atoms with Crippen molar-refractivity contribution >= 4 is 5.69 Å². The van der Waals surface area contributed by atoms with Crippen LogP contribution in [0.1, 0.15) is 26.7 Å². The topological polar surface area (TPSA) is 3.24 Å². The van der Waals surface area contributed by atoms with Crippen LogP contribution in [0.2, 0.25) is 0 Å². The van der Waals surface area contributed by atoms with E-state index in [2.05, 4.69) is 49.1 Å². The van der Waals surface area contributed by atoms with Crippen molar-refractivity contribution in [3.8, 4) is 0 Å². The van der Waals surface area contributed by atoms with E-state index in [1.54, 1.807) is 0 Å². The van der Waals surface area contributed by atoms with E-state index in [4.69, 9.17) is 0 Å². The molecule has 1 fully saturated rings. The number of rotatable bonds is 5. The van der Waals surface area contributed by atoms with Gasteiger partial charge in [-0.25, -0.2) is 0 Å². The average molecular weight is 247 g/mol. The normalized spacial score (nSPS) is 18.9. The van der Waals surface area contributed by atoms with Crippen molar-refractivity contribution in [3.05, 3.63) is 30.3 Å². The van der Waals surface area contributed by atoms with Crippen LogP contribution in [0.5, 0.6) is 0 Å². The Bertz CT molecular complexity index is 331. The molecule has 0 saturated carbocycles. The lowest BCUT2D eigenvalue weighted by Crippen LogP contribution is -2.60. The Morgan fingerprint density at radius 2 is 1.50 bits per heavy atom. The van der Waals surface area contributed by atoms with Crippen LogP contribution in [0.3, 0.4) is 0 Å². The van der Waals surface area contributed by atoms with Crippen LogP contribution in [-0.2, 0) is 0 Å². The molecule has 1 aliphatic heterocycles. The molecule has 2 heteroatoms. The molecule has 1 heterocycles. The molecule has 0 radical (unpaired) electrons. The molecule has 0 atom stereocenters. The van der Waals surface area contributed by atoms with Crippen LogP contribution >= 0.6 is 0 Å². The van der Waals surface area contributed by atoms with Crippen molar-refractivity contribution in [3.63, 3.8) is 0 Å². The predicted molar refractivity (Wildman–Crippen MR) is 79.0 cm³/mol. The fraction of sp³-hybridized carbons (Fsp3) is 0.625. The fourth-order valence-electron chi connectivity index (χ4n) is 3.29. The van der Waals surface area contributed by atoms with Crippen LogP contribution < -0.4 is 4.90 Å². The Morgan fingerprint density at radius 3 is 2.00 bits per heavy atom. The van der Waals surface area contributed by atoms with Gasteiger partial charge in [-0.15, -0.1) is 0 Å². The highest BCUT2D eigenvalue weighted by Crippen LogP contribution is 2.20. The van der Waals surface area contributed by atoms with Crippen molar-refractivity contribution in [2.75, 3.05) is 44.2 Å². The van der Waals surface area contributed by atoms with Gasteiger partial charge in [0.25, 0.3) is 0 Å². The second-order valence-electron chi connectivity index (χ2n) is 5.56. The average Bonchev–Trinajstić information content (AvgIpc) is 2.41. The van der Waals surface area contributed by atoms with Crippen LogP contribution in [0, 0.1) is 0 Å². The van der Waals surface area contributed by atoms with Gasteiger partial charge in [-0.2, -0.15) is 0 Å². The number of hydrogen-bond acceptors (Lipinski definition) is 1. The van der Waals surface area contributed by atoms with Gasteiger partial charge in [0.1, 0.15) is 0 Å². The van der Waals surface area contributed by atoms with E-state index < -0.39 is 0 Å². The van der Waals surface area contributed by atoms with E-state index in [0.29, 0.717) is 0 Å². The fourth-order valence-corrected chi connectivity index (χ4v) is 3.29. The Balaban J connectivity index is 1.97. The molecule has 18 heavy (non-hydrogen) atoms. The molecule has 1 aromatic carbocycles. The second kappa shape index (κ2) is 6.24. The zero-order valence-electron chi connectivity index (χ0n) is 11.9. The highest BCUT2D eigenvalue weighted by Gasteiger charge is 2.31. The largest absolute Gasteiger partial charge is 0.360 e. The van der Waals surface area contributed by atoms with E-state index in [0.717, 1.165) is 0 Å². The molecule has 0 N–H and O–H groups in total. The molecular formula is C16H27N2+. The summed E-state index contributed by atoms with van der Waals surface area (Å²) in [5.74, 6) is 0. The zero-order chi connectivity index (χ0) is 12.8. The number of para-hydroxylation sites is 1. The van der Waals surface area contributed by atoms with E-state index in [-0.39, 0.29) is 0 Å². The van der Waals surface area contributed by atoms with Crippen LogP contribution in [-0.4, -0.2) is 43.8 Å². The molecule has 0 aliphatic carbocycles. The van der Waals surface area contributed by atoms with E-state index in [1.807, 2.05) is 0 Å². The third kappa shape index (κ3) is 3.05. The van der Waals surface area contributed by atoms with Gasteiger partial charge >= 0.3 is 0 Å². The third-order valence-corrected chi connectivity index (χ3v) is 4.21. The molecule has 0 aromatic heterocycles. The first-order valence-corrected chi connectivity index (χ1v) is 7.45. The quantitative estimate of drug-likeness (QED) is 0.723. The molecule has 100 valence electrons. The van der Waals surface area contributed by atoms with E-state index >= 15 is 0 Å². The Hall–Kier alpha value is -1.02. The van der Waals surface area contributed by atoms with Gasteiger partial charge in [0.2, 0.25) is 0 Å². The SMILES string of the molecule is CCC[N+]1(CCC)CCN(c2ccccc2)CC1. The molecule has 1 aromatic rings. The first-order chi connectivity index (χ1) is 8.79. The lowest BCUT2D eigenvalue weighted by molar-refractivity contribution is -0.928. The Kier molecular flexibility index (Phi) is 4.65.